The van der Waals surface area contributed by atoms with Gasteiger partial charge in [-0.3, -0.25) is 9.89 Å². The Morgan fingerprint density at radius 1 is 1.35 bits per heavy atom. The van der Waals surface area contributed by atoms with Crippen molar-refractivity contribution in [1.82, 2.24) is 20.0 Å². The molecule has 3 rings (SSSR count). The molecule has 1 N–H and O–H groups in total. The molecule has 6 nitrogen and oxygen atoms in total. The van der Waals surface area contributed by atoms with E-state index in [1.54, 1.807) is 12.3 Å². The second-order valence-corrected chi connectivity index (χ2v) is 6.00. The van der Waals surface area contributed by atoms with Crippen molar-refractivity contribution in [2.24, 2.45) is 0 Å². The first-order valence-electron chi connectivity index (χ1n) is 7.78. The summed E-state index contributed by atoms with van der Waals surface area (Å²) < 4.78 is 5.99. The van der Waals surface area contributed by atoms with Crippen LogP contribution in [0.2, 0.25) is 0 Å². The van der Waals surface area contributed by atoms with E-state index in [9.17, 15) is 4.79 Å². The van der Waals surface area contributed by atoms with Gasteiger partial charge < -0.3 is 14.5 Å². The number of carbonyl (C=O) groups is 1. The van der Waals surface area contributed by atoms with Gasteiger partial charge in [-0.15, -0.1) is 0 Å². The Balaban J connectivity index is 1.93. The molecule has 1 aromatic heterocycles. The highest BCUT2D eigenvalue weighted by Gasteiger charge is 2.37. The number of benzene rings is 1. The van der Waals surface area contributed by atoms with E-state index >= 15 is 0 Å². The lowest BCUT2D eigenvalue weighted by molar-refractivity contribution is -0.0686. The first kappa shape index (κ1) is 15.7. The summed E-state index contributed by atoms with van der Waals surface area (Å²) in [6, 6.07) is 11.7. The summed E-state index contributed by atoms with van der Waals surface area (Å²) in [6.07, 6.45) is 1.54. The number of aromatic amines is 1. The molecular weight excluding hydrogens is 292 g/mol. The van der Waals surface area contributed by atoms with Gasteiger partial charge in [0.2, 0.25) is 0 Å². The summed E-state index contributed by atoms with van der Waals surface area (Å²) >= 11 is 0. The zero-order valence-corrected chi connectivity index (χ0v) is 13.5. The summed E-state index contributed by atoms with van der Waals surface area (Å²) in [4.78, 5) is 16.8. The van der Waals surface area contributed by atoms with Gasteiger partial charge in [-0.1, -0.05) is 30.3 Å². The molecule has 23 heavy (non-hydrogen) atoms. The van der Waals surface area contributed by atoms with Crippen LogP contribution >= 0.6 is 0 Å². The number of carbonyl (C=O) groups excluding carboxylic acids is 1. The highest BCUT2D eigenvalue weighted by Crippen LogP contribution is 2.31. The van der Waals surface area contributed by atoms with Crippen LogP contribution in [0.15, 0.2) is 42.6 Å². The van der Waals surface area contributed by atoms with E-state index in [0.29, 0.717) is 18.8 Å². The molecule has 1 saturated heterocycles. The smallest absolute Gasteiger partial charge is 0.272 e. The van der Waals surface area contributed by atoms with Crippen LogP contribution in [0.4, 0.5) is 0 Å². The maximum Gasteiger partial charge on any atom is 0.272 e. The first-order valence-corrected chi connectivity index (χ1v) is 7.78. The lowest BCUT2D eigenvalue weighted by atomic mass is 9.97. The third-order valence-electron chi connectivity index (χ3n) is 4.03. The molecule has 1 aliphatic heterocycles. The van der Waals surface area contributed by atoms with Crippen molar-refractivity contribution < 1.29 is 9.53 Å². The Labute approximate surface area is 136 Å². The fourth-order valence-electron chi connectivity index (χ4n) is 3.05. The van der Waals surface area contributed by atoms with Gasteiger partial charge >= 0.3 is 0 Å². The summed E-state index contributed by atoms with van der Waals surface area (Å²) in [5.41, 5.74) is 1.60. The highest BCUT2D eigenvalue weighted by molar-refractivity contribution is 5.92. The van der Waals surface area contributed by atoms with Crippen molar-refractivity contribution in [2.45, 2.75) is 12.1 Å². The number of likely N-dealkylation sites (N-methyl/N-ethyl adjacent to an activating group) is 1. The molecule has 0 aliphatic carbocycles. The zero-order chi connectivity index (χ0) is 16.2. The van der Waals surface area contributed by atoms with Crippen LogP contribution < -0.4 is 0 Å². The lowest BCUT2D eigenvalue weighted by Crippen LogP contribution is -2.51. The van der Waals surface area contributed by atoms with Gasteiger partial charge in [-0.2, -0.15) is 5.10 Å². The largest absolute Gasteiger partial charge is 0.373 e. The molecule has 2 atom stereocenters. The maximum atomic E-state index is 12.9. The molecule has 1 fully saturated rings. The monoisotopic (exact) mass is 314 g/mol. The van der Waals surface area contributed by atoms with Crippen molar-refractivity contribution in [1.29, 1.82) is 0 Å². The van der Waals surface area contributed by atoms with Crippen LogP contribution in [-0.4, -0.2) is 65.8 Å². The average Bonchev–Trinajstić information content (AvgIpc) is 3.08. The molecule has 2 aromatic rings. The minimum absolute atomic E-state index is 0.0385. The molecule has 0 bridgehead atoms. The number of amides is 1. The van der Waals surface area contributed by atoms with Crippen molar-refractivity contribution >= 4 is 5.91 Å². The summed E-state index contributed by atoms with van der Waals surface area (Å²) in [5.74, 6) is -0.0385. The Hall–Kier alpha value is -2.18. The molecule has 0 radical (unpaired) electrons. The number of nitrogens with zero attached hydrogens (tertiary/aromatic N) is 3. The second-order valence-electron chi connectivity index (χ2n) is 6.00. The molecule has 1 aliphatic rings. The number of ether oxygens (including phenoxy) is 1. The topological polar surface area (TPSA) is 61.5 Å². The van der Waals surface area contributed by atoms with Crippen LogP contribution in [0, 0.1) is 0 Å². The van der Waals surface area contributed by atoms with E-state index < -0.39 is 0 Å². The number of rotatable bonds is 4. The molecule has 2 heterocycles. The SMILES string of the molecule is CN(C)C[C@@H]1OCCN(C(=O)c2ccn[nH]2)[C@H]1c1ccccc1. The molecule has 0 unspecified atom stereocenters. The van der Waals surface area contributed by atoms with E-state index in [4.69, 9.17) is 4.74 Å². The minimum atomic E-state index is -0.108. The number of aromatic nitrogens is 2. The van der Waals surface area contributed by atoms with Crippen LogP contribution in [0.3, 0.4) is 0 Å². The predicted octanol–water partition coefficient (Wildman–Crippen LogP) is 1.55. The second kappa shape index (κ2) is 6.93. The first-order chi connectivity index (χ1) is 11.2. The van der Waals surface area contributed by atoms with Gasteiger partial charge in [0.05, 0.1) is 18.8 Å². The van der Waals surface area contributed by atoms with Crippen LogP contribution in [0.5, 0.6) is 0 Å². The quantitative estimate of drug-likeness (QED) is 0.930. The standard InChI is InChI=1S/C17H22N4O2/c1-20(2)12-15-16(13-6-4-3-5-7-13)21(10-11-23-15)17(22)14-8-9-18-19-14/h3-9,15-16H,10-12H2,1-2H3,(H,18,19)/t15-,16-/m0/s1. The lowest BCUT2D eigenvalue weighted by Gasteiger charge is -2.42. The van der Waals surface area contributed by atoms with Gasteiger partial charge in [-0.25, -0.2) is 0 Å². The number of nitrogens with one attached hydrogen (secondary N) is 1. The van der Waals surface area contributed by atoms with Crippen LogP contribution in [-0.2, 0) is 4.74 Å². The third-order valence-corrected chi connectivity index (χ3v) is 4.03. The van der Waals surface area contributed by atoms with Gasteiger partial charge in [-0.05, 0) is 25.7 Å². The van der Waals surface area contributed by atoms with Gasteiger partial charge in [0.15, 0.2) is 0 Å². The minimum Gasteiger partial charge on any atom is -0.373 e. The number of H-pyrrole nitrogens is 1. The molecule has 122 valence electrons. The normalized spacial score (nSPS) is 21.6. The predicted molar refractivity (Wildman–Crippen MR) is 87.1 cm³/mol. The van der Waals surface area contributed by atoms with E-state index in [-0.39, 0.29) is 18.1 Å². The highest BCUT2D eigenvalue weighted by atomic mass is 16.5. The summed E-state index contributed by atoms with van der Waals surface area (Å²) in [7, 11) is 4.03. The average molecular weight is 314 g/mol. The molecule has 0 saturated carbocycles. The Morgan fingerprint density at radius 2 is 2.13 bits per heavy atom. The van der Waals surface area contributed by atoms with Gasteiger partial charge in [0.25, 0.3) is 5.91 Å². The van der Waals surface area contributed by atoms with Crippen molar-refractivity contribution in [2.75, 3.05) is 33.8 Å². The Kier molecular flexibility index (Phi) is 4.73. The molecular formula is C17H22N4O2. The van der Waals surface area contributed by atoms with E-state index in [1.807, 2.05) is 37.2 Å². The van der Waals surface area contributed by atoms with Crippen molar-refractivity contribution in [3.05, 3.63) is 53.9 Å². The zero-order valence-electron chi connectivity index (χ0n) is 13.5. The van der Waals surface area contributed by atoms with E-state index in [1.165, 1.54) is 0 Å². The molecule has 0 spiro atoms. The van der Waals surface area contributed by atoms with Gasteiger partial charge in [0, 0.05) is 19.3 Å². The van der Waals surface area contributed by atoms with Crippen LogP contribution in [0.25, 0.3) is 0 Å². The Bertz CT molecular complexity index is 627. The number of hydrogen-bond donors (Lipinski definition) is 1. The van der Waals surface area contributed by atoms with Crippen LogP contribution in [0.1, 0.15) is 22.1 Å². The Morgan fingerprint density at radius 3 is 2.78 bits per heavy atom. The van der Waals surface area contributed by atoms with E-state index in [0.717, 1.165) is 12.1 Å². The molecule has 1 aromatic carbocycles. The van der Waals surface area contributed by atoms with Crippen molar-refractivity contribution in [3.63, 3.8) is 0 Å². The van der Waals surface area contributed by atoms with Crippen molar-refractivity contribution in [3.8, 4) is 0 Å². The number of morpholine rings is 1. The number of hydrogen-bond acceptors (Lipinski definition) is 4. The van der Waals surface area contributed by atoms with E-state index in [2.05, 4.69) is 27.2 Å². The van der Waals surface area contributed by atoms with Gasteiger partial charge in [0.1, 0.15) is 5.69 Å². The third kappa shape index (κ3) is 3.43. The summed E-state index contributed by atoms with van der Waals surface area (Å²) in [6.45, 7) is 1.87. The molecule has 1 amide bonds. The summed E-state index contributed by atoms with van der Waals surface area (Å²) in [5, 5.41) is 6.66. The fraction of sp³-hybridized carbons (Fsp3) is 0.412. The molecule has 6 heteroatoms. The fourth-order valence-corrected chi connectivity index (χ4v) is 3.05. The maximum absolute atomic E-state index is 12.9.